The number of nitro benzene ring substituents is 1. The standard InChI is InChI=1S/C18H29N3O2.C2HF3O2/c1-2-3-4-5-11-20-12-9-17(10-13-20)19-15-16-7-6-8-18(14-16)21(22)23;3-2(4,5)1(6)7/h6-8,14,17,19H,2-5,9-13,15H2,1H3;(H,6,7). The lowest BCUT2D eigenvalue weighted by Crippen LogP contribution is -2.42. The molecule has 1 aliphatic heterocycles. The zero-order chi connectivity index (χ0) is 22.6. The lowest BCUT2D eigenvalue weighted by Gasteiger charge is -2.32. The summed E-state index contributed by atoms with van der Waals surface area (Å²) in [5.74, 6) is -2.76. The van der Waals surface area contributed by atoms with E-state index in [4.69, 9.17) is 9.90 Å². The van der Waals surface area contributed by atoms with Crippen molar-refractivity contribution < 1.29 is 28.0 Å². The molecule has 0 bridgehead atoms. The number of hydrogen-bond donors (Lipinski definition) is 2. The Morgan fingerprint density at radius 2 is 1.90 bits per heavy atom. The first-order valence-electron chi connectivity index (χ1n) is 10.1. The van der Waals surface area contributed by atoms with Crippen molar-refractivity contribution in [1.82, 2.24) is 10.2 Å². The average Bonchev–Trinajstić information content (AvgIpc) is 2.70. The molecule has 0 unspecified atom stereocenters. The number of carbonyl (C=O) groups is 1. The van der Waals surface area contributed by atoms with Crippen LogP contribution in [0.15, 0.2) is 24.3 Å². The molecule has 0 aliphatic carbocycles. The summed E-state index contributed by atoms with van der Waals surface area (Å²) in [4.78, 5) is 21.9. The van der Waals surface area contributed by atoms with E-state index in [0.29, 0.717) is 12.6 Å². The normalized spacial score (nSPS) is 15.3. The Balaban J connectivity index is 0.000000553. The molecule has 0 amide bonds. The largest absolute Gasteiger partial charge is 0.490 e. The lowest BCUT2D eigenvalue weighted by molar-refractivity contribution is -0.384. The van der Waals surface area contributed by atoms with Gasteiger partial charge in [-0.1, -0.05) is 38.3 Å². The van der Waals surface area contributed by atoms with Crippen molar-refractivity contribution in [2.75, 3.05) is 19.6 Å². The van der Waals surface area contributed by atoms with E-state index in [-0.39, 0.29) is 10.6 Å². The molecule has 1 aromatic carbocycles. The summed E-state index contributed by atoms with van der Waals surface area (Å²) in [6.45, 7) is 6.52. The fraction of sp³-hybridized carbons (Fsp3) is 0.650. The number of carboxylic acid groups (broad SMARTS) is 1. The van der Waals surface area contributed by atoms with Crippen molar-refractivity contribution in [1.29, 1.82) is 0 Å². The van der Waals surface area contributed by atoms with E-state index in [1.54, 1.807) is 18.2 Å². The molecule has 2 N–H and O–H groups in total. The summed E-state index contributed by atoms with van der Waals surface area (Å²) >= 11 is 0. The highest BCUT2D eigenvalue weighted by atomic mass is 19.4. The Hall–Kier alpha value is -2.20. The van der Waals surface area contributed by atoms with E-state index in [1.807, 2.05) is 6.07 Å². The molecule has 30 heavy (non-hydrogen) atoms. The first kappa shape index (κ1) is 25.8. The first-order valence-corrected chi connectivity index (χ1v) is 10.1. The summed E-state index contributed by atoms with van der Waals surface area (Å²) < 4.78 is 31.7. The smallest absolute Gasteiger partial charge is 0.475 e. The first-order chi connectivity index (χ1) is 14.1. The van der Waals surface area contributed by atoms with E-state index in [0.717, 1.165) is 5.56 Å². The molecule has 170 valence electrons. The van der Waals surface area contributed by atoms with Gasteiger partial charge in [-0.05, 0) is 44.5 Å². The third-order valence-electron chi connectivity index (χ3n) is 4.87. The zero-order valence-electron chi connectivity index (χ0n) is 17.2. The fourth-order valence-corrected chi connectivity index (χ4v) is 3.17. The SMILES string of the molecule is CCCCCCN1CCC(NCc2cccc([N+](=O)[O-])c2)CC1.O=C(O)C(F)(F)F. The Morgan fingerprint density at radius 1 is 1.27 bits per heavy atom. The van der Waals surface area contributed by atoms with Crippen LogP contribution in [0.1, 0.15) is 51.0 Å². The molecular formula is C20H30F3N3O4. The van der Waals surface area contributed by atoms with Crippen molar-refractivity contribution in [3.05, 3.63) is 39.9 Å². The number of rotatable bonds is 9. The minimum atomic E-state index is -5.08. The molecule has 10 heteroatoms. The second-order valence-corrected chi connectivity index (χ2v) is 7.29. The maximum atomic E-state index is 10.8. The maximum absolute atomic E-state index is 10.8. The van der Waals surface area contributed by atoms with Gasteiger partial charge in [-0.3, -0.25) is 10.1 Å². The Labute approximate surface area is 174 Å². The van der Waals surface area contributed by atoms with E-state index >= 15 is 0 Å². The zero-order valence-corrected chi connectivity index (χ0v) is 17.2. The molecule has 1 heterocycles. The van der Waals surface area contributed by atoms with Crippen molar-refractivity contribution in [2.24, 2.45) is 0 Å². The van der Waals surface area contributed by atoms with Crippen LogP contribution >= 0.6 is 0 Å². The average molecular weight is 433 g/mol. The summed E-state index contributed by atoms with van der Waals surface area (Å²) in [5.41, 5.74) is 1.16. The minimum Gasteiger partial charge on any atom is -0.475 e. The molecule has 0 saturated carbocycles. The number of nitro groups is 1. The number of non-ortho nitro benzene ring substituents is 1. The van der Waals surface area contributed by atoms with E-state index < -0.39 is 12.1 Å². The van der Waals surface area contributed by atoms with Gasteiger partial charge in [-0.25, -0.2) is 4.79 Å². The van der Waals surface area contributed by atoms with Gasteiger partial charge in [-0.2, -0.15) is 13.2 Å². The topological polar surface area (TPSA) is 95.7 Å². The van der Waals surface area contributed by atoms with E-state index in [1.165, 1.54) is 58.2 Å². The Kier molecular flexibility index (Phi) is 11.3. The molecule has 0 radical (unpaired) electrons. The molecule has 1 aromatic rings. The Morgan fingerprint density at radius 3 is 2.43 bits per heavy atom. The third-order valence-corrected chi connectivity index (χ3v) is 4.87. The highest BCUT2D eigenvalue weighted by Gasteiger charge is 2.38. The highest BCUT2D eigenvalue weighted by Crippen LogP contribution is 2.16. The van der Waals surface area contributed by atoms with E-state index in [9.17, 15) is 23.3 Å². The van der Waals surface area contributed by atoms with Gasteiger partial charge >= 0.3 is 12.1 Å². The number of unbranched alkanes of at least 4 members (excludes halogenated alkanes) is 3. The summed E-state index contributed by atoms with van der Waals surface area (Å²) in [6, 6.07) is 7.44. The van der Waals surface area contributed by atoms with E-state index in [2.05, 4.69) is 17.1 Å². The van der Waals surface area contributed by atoms with Crippen LogP contribution < -0.4 is 5.32 Å². The molecule has 0 aromatic heterocycles. The molecule has 2 rings (SSSR count). The summed E-state index contributed by atoms with van der Waals surface area (Å²) in [6.07, 6.45) is 2.57. The van der Waals surface area contributed by atoms with Gasteiger partial charge in [0.1, 0.15) is 0 Å². The Bertz CT molecular complexity index is 663. The number of piperidine rings is 1. The van der Waals surface area contributed by atoms with Gasteiger partial charge in [0.2, 0.25) is 0 Å². The second-order valence-electron chi connectivity index (χ2n) is 7.29. The van der Waals surface area contributed by atoms with Crippen LogP contribution in [0.5, 0.6) is 0 Å². The van der Waals surface area contributed by atoms with Crippen LogP contribution in [0.3, 0.4) is 0 Å². The van der Waals surface area contributed by atoms with Crippen LogP contribution in [0.25, 0.3) is 0 Å². The number of halogens is 3. The van der Waals surface area contributed by atoms with Crippen LogP contribution in [0.4, 0.5) is 18.9 Å². The number of likely N-dealkylation sites (tertiary alicyclic amines) is 1. The predicted octanol–water partition coefficient (Wildman–Crippen LogP) is 4.36. The van der Waals surface area contributed by atoms with Crippen LogP contribution in [-0.2, 0) is 11.3 Å². The van der Waals surface area contributed by atoms with Crippen LogP contribution in [0, 0.1) is 10.1 Å². The minimum absolute atomic E-state index is 0.172. The van der Waals surface area contributed by atoms with Crippen molar-refractivity contribution >= 4 is 11.7 Å². The van der Waals surface area contributed by atoms with Crippen LogP contribution in [0.2, 0.25) is 0 Å². The van der Waals surface area contributed by atoms with Gasteiger partial charge in [0.05, 0.1) is 4.92 Å². The molecule has 0 spiro atoms. The predicted molar refractivity (Wildman–Crippen MR) is 107 cm³/mol. The maximum Gasteiger partial charge on any atom is 0.490 e. The molecule has 1 fully saturated rings. The number of nitrogens with zero attached hydrogens (tertiary/aromatic N) is 2. The number of benzene rings is 1. The number of aliphatic carboxylic acids is 1. The fourth-order valence-electron chi connectivity index (χ4n) is 3.17. The molecule has 7 nitrogen and oxygen atoms in total. The monoisotopic (exact) mass is 433 g/mol. The molecule has 0 atom stereocenters. The molecular weight excluding hydrogens is 403 g/mol. The van der Waals surface area contributed by atoms with Crippen molar-refractivity contribution in [3.8, 4) is 0 Å². The van der Waals surface area contributed by atoms with Gasteiger partial charge in [-0.15, -0.1) is 0 Å². The van der Waals surface area contributed by atoms with Crippen molar-refractivity contribution in [3.63, 3.8) is 0 Å². The highest BCUT2D eigenvalue weighted by molar-refractivity contribution is 5.73. The van der Waals surface area contributed by atoms with Gasteiger partial charge < -0.3 is 15.3 Å². The number of nitrogens with one attached hydrogen (secondary N) is 1. The second kappa shape index (κ2) is 13.2. The third kappa shape index (κ3) is 10.5. The summed E-state index contributed by atoms with van der Waals surface area (Å²) in [7, 11) is 0. The molecule has 1 aliphatic rings. The van der Waals surface area contributed by atoms with Gasteiger partial charge in [0.15, 0.2) is 0 Å². The number of hydrogen-bond acceptors (Lipinski definition) is 5. The lowest BCUT2D eigenvalue weighted by atomic mass is 10.0. The summed E-state index contributed by atoms with van der Waals surface area (Å²) in [5, 5.41) is 21.5. The van der Waals surface area contributed by atoms with Crippen molar-refractivity contribution in [2.45, 2.75) is 64.2 Å². The van der Waals surface area contributed by atoms with Gasteiger partial charge in [0.25, 0.3) is 5.69 Å². The number of alkyl halides is 3. The quantitative estimate of drug-likeness (QED) is 0.341. The van der Waals surface area contributed by atoms with Gasteiger partial charge in [0, 0.05) is 24.7 Å². The number of carboxylic acids is 1. The molecule has 1 saturated heterocycles. The van der Waals surface area contributed by atoms with Crippen LogP contribution in [-0.4, -0.2) is 52.8 Å².